The van der Waals surface area contributed by atoms with Gasteiger partial charge in [-0.2, -0.15) is 0 Å². The number of aromatic nitrogens is 1. The number of fused-ring (bicyclic) bond motifs is 1. The van der Waals surface area contributed by atoms with Gasteiger partial charge in [0.2, 0.25) is 11.8 Å². The van der Waals surface area contributed by atoms with E-state index in [1.165, 1.54) is 37.4 Å². The molecule has 0 aliphatic heterocycles. The summed E-state index contributed by atoms with van der Waals surface area (Å²) in [7, 11) is 1.46. The summed E-state index contributed by atoms with van der Waals surface area (Å²) in [6.45, 7) is -0.0358. The third-order valence-electron chi connectivity index (χ3n) is 6.69. The predicted octanol–water partition coefficient (Wildman–Crippen LogP) is 6.04. The number of anilines is 2. The zero-order valence-corrected chi connectivity index (χ0v) is 23.0. The molecule has 42 heavy (non-hydrogen) atoms. The van der Waals surface area contributed by atoms with Crippen molar-refractivity contribution in [2.75, 3.05) is 24.4 Å². The summed E-state index contributed by atoms with van der Waals surface area (Å²) in [6, 6.07) is 15.0. The Balaban J connectivity index is 1.29. The highest BCUT2D eigenvalue weighted by atomic mass is 35.5. The molecule has 2 amide bonds. The molecule has 1 aliphatic carbocycles. The smallest absolute Gasteiger partial charge is 0.306 e. The van der Waals surface area contributed by atoms with Gasteiger partial charge in [-0.15, -0.1) is 0 Å². The van der Waals surface area contributed by atoms with Gasteiger partial charge < -0.3 is 30.0 Å². The number of carbonyl (C=O) groups is 3. The number of pyridine rings is 1. The molecule has 12 heteroatoms. The quantitative estimate of drug-likeness (QED) is 0.179. The standard InChI is InChI=1S/C30H25ClFN3O7/c1-40-25-15-20-22(16-26(25)41-13-9-27(36)37)33-12-8-23(20)42-24-7-6-19(14-21(24)31)35-29(39)30(10-11-30)28(38)34-18-4-2-17(32)3-5-18/h2-8,12,14-16H,9-11,13H2,1H3,(H,34,38)(H,35,39)(H,36,37). The lowest BCUT2D eigenvalue weighted by Gasteiger charge is -2.17. The second-order valence-corrected chi connectivity index (χ2v) is 9.97. The highest BCUT2D eigenvalue weighted by Crippen LogP contribution is 2.48. The molecule has 1 aromatic heterocycles. The van der Waals surface area contributed by atoms with Crippen LogP contribution in [0.3, 0.4) is 0 Å². The summed E-state index contributed by atoms with van der Waals surface area (Å²) in [6.07, 6.45) is 2.13. The number of nitrogens with one attached hydrogen (secondary N) is 2. The van der Waals surface area contributed by atoms with Crippen LogP contribution in [0.4, 0.5) is 15.8 Å². The zero-order chi connectivity index (χ0) is 29.9. The van der Waals surface area contributed by atoms with Gasteiger partial charge in [0.1, 0.15) is 22.7 Å². The maximum absolute atomic E-state index is 13.2. The lowest BCUT2D eigenvalue weighted by Crippen LogP contribution is -2.35. The molecule has 1 heterocycles. The Morgan fingerprint density at radius 3 is 2.26 bits per heavy atom. The van der Waals surface area contributed by atoms with Crippen molar-refractivity contribution in [3.63, 3.8) is 0 Å². The summed E-state index contributed by atoms with van der Waals surface area (Å²) in [4.78, 5) is 41.0. The number of nitrogens with zero attached hydrogens (tertiary/aromatic N) is 1. The Labute approximate surface area is 244 Å². The molecule has 0 radical (unpaired) electrons. The van der Waals surface area contributed by atoms with Crippen LogP contribution in [0.5, 0.6) is 23.0 Å². The third kappa shape index (κ3) is 6.21. The van der Waals surface area contributed by atoms with Gasteiger partial charge in [0.05, 0.1) is 30.7 Å². The van der Waals surface area contributed by atoms with E-state index >= 15 is 0 Å². The highest BCUT2D eigenvalue weighted by Gasteiger charge is 2.56. The summed E-state index contributed by atoms with van der Waals surface area (Å²) >= 11 is 6.50. The van der Waals surface area contributed by atoms with Crippen LogP contribution in [0.2, 0.25) is 5.02 Å². The number of benzene rings is 3. The molecular formula is C30H25ClFN3O7. The number of carbonyl (C=O) groups excluding carboxylic acids is 2. The molecule has 0 bridgehead atoms. The molecule has 0 atom stereocenters. The first-order chi connectivity index (χ1) is 20.2. The van der Waals surface area contributed by atoms with E-state index in [-0.39, 0.29) is 18.1 Å². The van der Waals surface area contributed by atoms with Crippen molar-refractivity contribution in [1.82, 2.24) is 4.98 Å². The van der Waals surface area contributed by atoms with E-state index in [1.54, 1.807) is 36.5 Å². The number of methoxy groups -OCH3 is 1. The minimum absolute atomic E-state index is 0.0358. The monoisotopic (exact) mass is 593 g/mol. The summed E-state index contributed by atoms with van der Waals surface area (Å²) < 4.78 is 30.2. The fourth-order valence-corrected chi connectivity index (χ4v) is 4.45. The Kier molecular flexibility index (Phi) is 8.12. The molecule has 0 spiro atoms. The van der Waals surface area contributed by atoms with Crippen LogP contribution >= 0.6 is 11.6 Å². The molecule has 1 saturated carbocycles. The summed E-state index contributed by atoms with van der Waals surface area (Å²) in [5, 5.41) is 15.1. The van der Waals surface area contributed by atoms with Gasteiger partial charge in [-0.25, -0.2) is 4.39 Å². The van der Waals surface area contributed by atoms with Gasteiger partial charge in [0, 0.05) is 29.0 Å². The number of hydrogen-bond acceptors (Lipinski definition) is 7. The summed E-state index contributed by atoms with van der Waals surface area (Å²) in [5.74, 6) is -0.913. The number of carboxylic acid groups (broad SMARTS) is 1. The highest BCUT2D eigenvalue weighted by molar-refractivity contribution is 6.32. The third-order valence-corrected chi connectivity index (χ3v) is 6.99. The molecule has 216 valence electrons. The number of ether oxygens (including phenoxy) is 3. The molecule has 4 aromatic rings. The average Bonchev–Trinajstić information content (AvgIpc) is 3.78. The number of rotatable bonds is 11. The van der Waals surface area contributed by atoms with Crippen molar-refractivity contribution in [3.05, 3.63) is 77.7 Å². The molecule has 1 aliphatic rings. The van der Waals surface area contributed by atoms with Crippen LogP contribution in [-0.4, -0.2) is 41.6 Å². The fraction of sp³-hybridized carbons (Fsp3) is 0.200. The number of aliphatic carboxylic acids is 1. The molecule has 5 rings (SSSR count). The largest absolute Gasteiger partial charge is 0.493 e. The molecule has 0 unspecified atom stereocenters. The SMILES string of the molecule is COc1cc2c(Oc3ccc(NC(=O)C4(C(=O)Nc5ccc(F)cc5)CC4)cc3Cl)ccnc2cc1OCCC(=O)O. The lowest BCUT2D eigenvalue weighted by atomic mass is 10.0. The van der Waals surface area contributed by atoms with Gasteiger partial charge in [-0.1, -0.05) is 11.6 Å². The van der Waals surface area contributed by atoms with Crippen molar-refractivity contribution in [2.45, 2.75) is 19.3 Å². The fourth-order valence-electron chi connectivity index (χ4n) is 4.23. The van der Waals surface area contributed by atoms with Crippen molar-refractivity contribution in [1.29, 1.82) is 0 Å². The molecule has 1 fully saturated rings. The number of halogens is 2. The second kappa shape index (κ2) is 11.9. The topological polar surface area (TPSA) is 136 Å². The second-order valence-electron chi connectivity index (χ2n) is 9.57. The average molecular weight is 594 g/mol. The van der Waals surface area contributed by atoms with Crippen molar-refractivity contribution >= 4 is 51.7 Å². The normalized spacial score (nSPS) is 13.2. The molecular weight excluding hydrogens is 569 g/mol. The van der Waals surface area contributed by atoms with E-state index in [0.717, 1.165) is 0 Å². The lowest BCUT2D eigenvalue weighted by molar-refractivity contribution is -0.137. The first-order valence-corrected chi connectivity index (χ1v) is 13.2. The van der Waals surface area contributed by atoms with Crippen LogP contribution in [-0.2, 0) is 14.4 Å². The van der Waals surface area contributed by atoms with Crippen LogP contribution < -0.4 is 24.8 Å². The van der Waals surface area contributed by atoms with Crippen LogP contribution in [0.25, 0.3) is 10.9 Å². The minimum atomic E-state index is -1.22. The van der Waals surface area contributed by atoms with Gasteiger partial charge in [0.15, 0.2) is 11.5 Å². The first kappa shape index (κ1) is 28.6. The van der Waals surface area contributed by atoms with E-state index < -0.39 is 29.0 Å². The van der Waals surface area contributed by atoms with Crippen LogP contribution in [0.15, 0.2) is 66.9 Å². The van der Waals surface area contributed by atoms with Gasteiger partial charge >= 0.3 is 5.97 Å². The Morgan fingerprint density at radius 1 is 0.929 bits per heavy atom. The minimum Gasteiger partial charge on any atom is -0.493 e. The Bertz CT molecular complexity index is 1680. The van der Waals surface area contributed by atoms with Crippen molar-refractivity contribution < 1.29 is 38.1 Å². The molecule has 3 aromatic carbocycles. The molecule has 10 nitrogen and oxygen atoms in total. The van der Waals surface area contributed by atoms with Gasteiger partial charge in [0.25, 0.3) is 0 Å². The maximum atomic E-state index is 13.2. The van der Waals surface area contributed by atoms with Crippen LogP contribution in [0.1, 0.15) is 19.3 Å². The first-order valence-electron chi connectivity index (χ1n) is 12.9. The number of amides is 2. The van der Waals surface area contributed by atoms with Crippen molar-refractivity contribution in [3.8, 4) is 23.0 Å². The van der Waals surface area contributed by atoms with Crippen LogP contribution in [0, 0.1) is 11.2 Å². The predicted molar refractivity (Wildman–Crippen MR) is 153 cm³/mol. The van der Waals surface area contributed by atoms with E-state index in [4.69, 9.17) is 30.9 Å². The van der Waals surface area contributed by atoms with Gasteiger partial charge in [-0.3, -0.25) is 19.4 Å². The van der Waals surface area contributed by atoms with Gasteiger partial charge in [-0.05, 0) is 67.4 Å². The Morgan fingerprint density at radius 2 is 1.62 bits per heavy atom. The Hall–Kier alpha value is -4.90. The van der Waals surface area contributed by atoms with E-state index in [2.05, 4.69) is 15.6 Å². The maximum Gasteiger partial charge on any atom is 0.306 e. The van der Waals surface area contributed by atoms with E-state index in [1.807, 2.05) is 0 Å². The summed E-state index contributed by atoms with van der Waals surface area (Å²) in [5.41, 5.74) is 0.0735. The number of carboxylic acids is 1. The van der Waals surface area contributed by atoms with E-state index in [0.29, 0.717) is 58.1 Å². The molecule has 0 saturated heterocycles. The number of hydrogen-bond donors (Lipinski definition) is 3. The molecule has 3 N–H and O–H groups in total. The zero-order valence-electron chi connectivity index (χ0n) is 22.3. The van der Waals surface area contributed by atoms with E-state index in [9.17, 15) is 18.8 Å². The van der Waals surface area contributed by atoms with Crippen molar-refractivity contribution in [2.24, 2.45) is 5.41 Å².